The topological polar surface area (TPSA) is 54.2 Å². The van der Waals surface area contributed by atoms with Crippen LogP contribution in [-0.2, 0) is 13.1 Å². The van der Waals surface area contributed by atoms with Gasteiger partial charge in [-0.3, -0.25) is 4.90 Å². The third-order valence-corrected chi connectivity index (χ3v) is 4.14. The lowest BCUT2D eigenvalue weighted by Crippen LogP contribution is -2.37. The van der Waals surface area contributed by atoms with E-state index in [0.717, 1.165) is 57.1 Å². The number of aliphatic hydroxyl groups excluding tert-OH is 1. The van der Waals surface area contributed by atoms with Gasteiger partial charge in [-0.1, -0.05) is 6.92 Å². The van der Waals surface area contributed by atoms with E-state index in [1.165, 1.54) is 0 Å². The summed E-state index contributed by atoms with van der Waals surface area (Å²) >= 11 is 0. The highest BCUT2D eigenvalue weighted by atomic mass is 16.3. The van der Waals surface area contributed by atoms with Crippen molar-refractivity contribution in [3.05, 3.63) is 11.6 Å². The van der Waals surface area contributed by atoms with E-state index in [2.05, 4.69) is 26.6 Å². The summed E-state index contributed by atoms with van der Waals surface area (Å²) in [5.74, 6) is 2.55. The first-order valence-corrected chi connectivity index (χ1v) is 7.41. The molecule has 1 aliphatic rings. The van der Waals surface area contributed by atoms with Crippen molar-refractivity contribution in [1.29, 1.82) is 0 Å². The second-order valence-corrected chi connectivity index (χ2v) is 5.67. The summed E-state index contributed by atoms with van der Waals surface area (Å²) in [4.78, 5) is 2.43. The first-order valence-electron chi connectivity index (χ1n) is 7.41. The van der Waals surface area contributed by atoms with Crippen LogP contribution in [0.4, 0.5) is 0 Å². The largest absolute Gasteiger partial charge is 0.393 e. The summed E-state index contributed by atoms with van der Waals surface area (Å²) in [6.07, 6.45) is 3.10. The second-order valence-electron chi connectivity index (χ2n) is 5.67. The molecule has 108 valence electrons. The van der Waals surface area contributed by atoms with Gasteiger partial charge in [-0.05, 0) is 52.1 Å². The minimum absolute atomic E-state index is 0.173. The van der Waals surface area contributed by atoms with E-state index < -0.39 is 0 Å². The molecular formula is C14H26N4O. The number of hydrogen-bond acceptors (Lipinski definition) is 4. The highest BCUT2D eigenvalue weighted by molar-refractivity contribution is 4.94. The second kappa shape index (κ2) is 6.48. The molecular weight excluding hydrogens is 240 g/mol. The Balaban J connectivity index is 1.92. The molecule has 1 aromatic rings. The minimum Gasteiger partial charge on any atom is -0.393 e. The van der Waals surface area contributed by atoms with Gasteiger partial charge in [-0.2, -0.15) is 0 Å². The van der Waals surface area contributed by atoms with E-state index in [4.69, 9.17) is 0 Å². The van der Waals surface area contributed by atoms with Gasteiger partial charge in [-0.25, -0.2) is 0 Å². The van der Waals surface area contributed by atoms with E-state index in [1.54, 1.807) is 0 Å². The third-order valence-electron chi connectivity index (χ3n) is 4.14. The van der Waals surface area contributed by atoms with Gasteiger partial charge in [0.05, 0.1) is 12.6 Å². The highest BCUT2D eigenvalue weighted by Gasteiger charge is 2.23. The Labute approximate surface area is 115 Å². The first kappa shape index (κ1) is 14.5. The number of hydrogen-bond donors (Lipinski definition) is 1. The first-order chi connectivity index (χ1) is 9.11. The van der Waals surface area contributed by atoms with Crippen LogP contribution < -0.4 is 0 Å². The summed E-state index contributed by atoms with van der Waals surface area (Å²) in [5.41, 5.74) is 0. The number of likely N-dealkylation sites (tertiary alicyclic amines) is 1. The van der Waals surface area contributed by atoms with E-state index in [0.29, 0.717) is 5.92 Å². The van der Waals surface area contributed by atoms with Gasteiger partial charge in [0, 0.05) is 6.54 Å². The highest BCUT2D eigenvalue weighted by Crippen LogP contribution is 2.21. The maximum atomic E-state index is 9.63. The zero-order chi connectivity index (χ0) is 13.8. The molecule has 0 bridgehead atoms. The number of aromatic nitrogens is 3. The summed E-state index contributed by atoms with van der Waals surface area (Å²) in [7, 11) is 0. The fourth-order valence-electron chi connectivity index (χ4n) is 2.85. The summed E-state index contributed by atoms with van der Waals surface area (Å²) in [6, 6.07) is 0. The van der Waals surface area contributed by atoms with Gasteiger partial charge in [-0.15, -0.1) is 10.2 Å². The van der Waals surface area contributed by atoms with Crippen LogP contribution in [0.1, 0.15) is 44.8 Å². The molecule has 1 aliphatic heterocycles. The van der Waals surface area contributed by atoms with Crippen molar-refractivity contribution < 1.29 is 5.11 Å². The standard InChI is InChI=1S/C14H26N4O/c1-4-7-18-12(3)15-16-14(18)10-17-8-5-13(6-9-17)11(2)19/h11,13,19H,4-10H2,1-3H3. The maximum Gasteiger partial charge on any atom is 0.147 e. The lowest BCUT2D eigenvalue weighted by Gasteiger charge is -2.32. The minimum atomic E-state index is -0.173. The molecule has 0 aliphatic carbocycles. The van der Waals surface area contributed by atoms with Crippen LogP contribution in [0.25, 0.3) is 0 Å². The quantitative estimate of drug-likeness (QED) is 0.879. The summed E-state index contributed by atoms with van der Waals surface area (Å²) in [6.45, 7) is 10.1. The fraction of sp³-hybridized carbons (Fsp3) is 0.857. The van der Waals surface area contributed by atoms with Gasteiger partial charge in [0.1, 0.15) is 11.6 Å². The van der Waals surface area contributed by atoms with Crippen molar-refractivity contribution in [2.75, 3.05) is 13.1 Å². The van der Waals surface area contributed by atoms with Crippen molar-refractivity contribution in [1.82, 2.24) is 19.7 Å². The Hall–Kier alpha value is -0.940. The van der Waals surface area contributed by atoms with Gasteiger partial charge in [0.2, 0.25) is 0 Å². The smallest absolute Gasteiger partial charge is 0.147 e. The van der Waals surface area contributed by atoms with Gasteiger partial charge in [0.15, 0.2) is 0 Å². The van der Waals surface area contributed by atoms with Gasteiger partial charge >= 0.3 is 0 Å². The van der Waals surface area contributed by atoms with Crippen LogP contribution in [0.3, 0.4) is 0 Å². The average Bonchev–Trinajstić information content (AvgIpc) is 2.73. The molecule has 1 saturated heterocycles. The Kier molecular flexibility index (Phi) is 4.93. The monoisotopic (exact) mass is 266 g/mol. The molecule has 5 heteroatoms. The van der Waals surface area contributed by atoms with E-state index in [-0.39, 0.29) is 6.10 Å². The molecule has 2 rings (SSSR count). The molecule has 0 aromatic carbocycles. The van der Waals surface area contributed by atoms with E-state index >= 15 is 0 Å². The Morgan fingerprint density at radius 2 is 2.00 bits per heavy atom. The molecule has 19 heavy (non-hydrogen) atoms. The SMILES string of the molecule is CCCn1c(C)nnc1CN1CCC(C(C)O)CC1. The molecule has 1 unspecified atom stereocenters. The Morgan fingerprint density at radius 1 is 1.32 bits per heavy atom. The molecule has 2 heterocycles. The molecule has 0 spiro atoms. The maximum absolute atomic E-state index is 9.63. The molecule has 1 fully saturated rings. The van der Waals surface area contributed by atoms with Gasteiger partial charge < -0.3 is 9.67 Å². The van der Waals surface area contributed by atoms with Crippen LogP contribution in [0, 0.1) is 12.8 Å². The lowest BCUT2D eigenvalue weighted by molar-refractivity contribution is 0.0683. The Bertz CT molecular complexity index is 394. The lowest BCUT2D eigenvalue weighted by atomic mass is 9.92. The van der Waals surface area contributed by atoms with Crippen LogP contribution in [0.5, 0.6) is 0 Å². The van der Waals surface area contributed by atoms with Gasteiger partial charge in [0.25, 0.3) is 0 Å². The van der Waals surface area contributed by atoms with Crippen LogP contribution in [0.2, 0.25) is 0 Å². The van der Waals surface area contributed by atoms with Crippen molar-refractivity contribution in [2.24, 2.45) is 5.92 Å². The predicted octanol–water partition coefficient (Wildman–Crippen LogP) is 1.59. The third kappa shape index (κ3) is 3.54. The molecule has 5 nitrogen and oxygen atoms in total. The van der Waals surface area contributed by atoms with Crippen LogP contribution >= 0.6 is 0 Å². The van der Waals surface area contributed by atoms with Crippen LogP contribution in [0.15, 0.2) is 0 Å². The number of aryl methyl sites for hydroxylation is 1. The molecule has 1 aromatic heterocycles. The van der Waals surface area contributed by atoms with E-state index in [9.17, 15) is 5.11 Å². The van der Waals surface area contributed by atoms with Crippen molar-refractivity contribution >= 4 is 0 Å². The van der Waals surface area contributed by atoms with Crippen molar-refractivity contribution in [3.8, 4) is 0 Å². The zero-order valence-corrected chi connectivity index (χ0v) is 12.3. The molecule has 0 saturated carbocycles. The molecule has 1 N–H and O–H groups in total. The molecule has 0 radical (unpaired) electrons. The zero-order valence-electron chi connectivity index (χ0n) is 12.3. The number of piperidine rings is 1. The normalized spacial score (nSPS) is 19.8. The number of nitrogens with zero attached hydrogens (tertiary/aromatic N) is 4. The number of aliphatic hydroxyl groups is 1. The molecule has 0 amide bonds. The van der Waals surface area contributed by atoms with Crippen LogP contribution in [-0.4, -0.2) is 44.0 Å². The Morgan fingerprint density at radius 3 is 2.58 bits per heavy atom. The predicted molar refractivity (Wildman–Crippen MR) is 74.7 cm³/mol. The summed E-state index contributed by atoms with van der Waals surface area (Å²) < 4.78 is 2.22. The van der Waals surface area contributed by atoms with Crippen molar-refractivity contribution in [2.45, 2.75) is 59.2 Å². The summed E-state index contributed by atoms with van der Waals surface area (Å²) in [5, 5.41) is 18.1. The van der Waals surface area contributed by atoms with E-state index in [1.807, 2.05) is 13.8 Å². The number of rotatable bonds is 5. The van der Waals surface area contributed by atoms with Crippen molar-refractivity contribution in [3.63, 3.8) is 0 Å². The average molecular weight is 266 g/mol. The fourth-order valence-corrected chi connectivity index (χ4v) is 2.85. The molecule has 1 atom stereocenters.